The summed E-state index contributed by atoms with van der Waals surface area (Å²) < 4.78 is 0. The Labute approximate surface area is 240 Å². The van der Waals surface area contributed by atoms with Crippen LogP contribution in [-0.2, 0) is 22.6 Å². The Morgan fingerprint density at radius 2 is 1.10 bits per heavy atom. The molecule has 2 bridgehead atoms. The van der Waals surface area contributed by atoms with Crippen LogP contribution in [0.2, 0.25) is 0 Å². The van der Waals surface area contributed by atoms with E-state index in [1.807, 2.05) is 6.07 Å². The van der Waals surface area contributed by atoms with Crippen LogP contribution in [0.1, 0.15) is 160 Å². The first kappa shape index (κ1) is 31.6. The molecule has 0 spiro atoms. The van der Waals surface area contributed by atoms with Crippen LogP contribution in [0.3, 0.4) is 0 Å². The van der Waals surface area contributed by atoms with Gasteiger partial charge in [-0.2, -0.15) is 0 Å². The van der Waals surface area contributed by atoms with Crippen molar-refractivity contribution < 1.29 is 9.59 Å². The molecule has 0 aromatic heterocycles. The zero-order chi connectivity index (χ0) is 27.7. The lowest BCUT2D eigenvalue weighted by atomic mass is 9.82. The molecular formula is C36H57NO2. The zero-order valence-electron chi connectivity index (χ0n) is 25.4. The van der Waals surface area contributed by atoms with Crippen molar-refractivity contribution in [3.63, 3.8) is 0 Å². The molecule has 39 heavy (non-hydrogen) atoms. The monoisotopic (exact) mass is 535 g/mol. The van der Waals surface area contributed by atoms with E-state index in [9.17, 15) is 9.59 Å². The highest BCUT2D eigenvalue weighted by molar-refractivity contribution is 6.19. The van der Waals surface area contributed by atoms with Crippen molar-refractivity contribution in [3.05, 3.63) is 46.5 Å². The molecule has 1 unspecified atom stereocenters. The van der Waals surface area contributed by atoms with Crippen LogP contribution in [0.25, 0.3) is 0 Å². The van der Waals surface area contributed by atoms with Gasteiger partial charge in [0.15, 0.2) is 0 Å². The topological polar surface area (TPSA) is 37.4 Å². The summed E-state index contributed by atoms with van der Waals surface area (Å²) in [6, 6.07) is 8.47. The Morgan fingerprint density at radius 3 is 1.67 bits per heavy atom. The van der Waals surface area contributed by atoms with E-state index in [1.165, 1.54) is 108 Å². The van der Waals surface area contributed by atoms with E-state index in [1.54, 1.807) is 4.90 Å². The van der Waals surface area contributed by atoms with Gasteiger partial charge in [-0.3, -0.25) is 14.5 Å². The molecule has 1 aromatic rings. The number of unbranched alkanes of at least 4 members (excludes halogenated alkanes) is 17. The summed E-state index contributed by atoms with van der Waals surface area (Å²) in [5.74, 6) is 0.188. The van der Waals surface area contributed by atoms with E-state index in [-0.39, 0.29) is 17.7 Å². The second-order valence-electron chi connectivity index (χ2n) is 12.3. The molecule has 0 N–H and O–H groups in total. The third-order valence-electron chi connectivity index (χ3n) is 9.06. The molecule has 0 saturated carbocycles. The number of carbonyl (C=O) groups excluding carboxylic acids is 2. The minimum atomic E-state index is -0.000272. The predicted molar refractivity (Wildman–Crippen MR) is 165 cm³/mol. The molecule has 2 amide bonds. The maximum Gasteiger partial charge on any atom is 0.257 e. The van der Waals surface area contributed by atoms with Crippen LogP contribution in [-0.4, -0.2) is 16.7 Å². The first-order chi connectivity index (χ1) is 19.2. The van der Waals surface area contributed by atoms with Crippen LogP contribution >= 0.6 is 0 Å². The summed E-state index contributed by atoms with van der Waals surface area (Å²) in [6.07, 6.45) is 27.3. The fourth-order valence-corrected chi connectivity index (χ4v) is 6.64. The van der Waals surface area contributed by atoms with E-state index < -0.39 is 0 Å². The highest BCUT2D eigenvalue weighted by Crippen LogP contribution is 2.38. The van der Waals surface area contributed by atoms with Crippen LogP contribution < -0.4 is 0 Å². The number of hydrogen-bond donors (Lipinski definition) is 0. The predicted octanol–water partition coefficient (Wildman–Crippen LogP) is 10.3. The maximum absolute atomic E-state index is 13.6. The second kappa shape index (κ2) is 18.4. The number of nitrogens with zero attached hydrogens (tertiary/aromatic N) is 1. The Bertz CT molecular complexity index is 901. The van der Waals surface area contributed by atoms with E-state index in [2.05, 4.69) is 32.0 Å². The number of carbonyl (C=O) groups is 2. The molecule has 1 aromatic carbocycles. The number of rotatable bonds is 21. The highest BCUT2D eigenvalue weighted by Gasteiger charge is 2.42. The van der Waals surface area contributed by atoms with Crippen molar-refractivity contribution in [1.82, 2.24) is 4.90 Å². The van der Waals surface area contributed by atoms with Crippen LogP contribution in [0.4, 0.5) is 0 Å². The summed E-state index contributed by atoms with van der Waals surface area (Å²) in [4.78, 5) is 28.7. The molecule has 2 aliphatic heterocycles. The molecule has 3 nitrogen and oxygen atoms in total. The third kappa shape index (κ3) is 10.2. The maximum atomic E-state index is 13.6. The van der Waals surface area contributed by atoms with Crippen molar-refractivity contribution >= 4 is 11.8 Å². The van der Waals surface area contributed by atoms with Crippen molar-refractivity contribution in [3.8, 4) is 0 Å². The first-order valence-electron chi connectivity index (χ1n) is 16.8. The van der Waals surface area contributed by atoms with Gasteiger partial charge in [-0.25, -0.2) is 0 Å². The number of benzene rings is 1. The quantitative estimate of drug-likeness (QED) is 0.116. The van der Waals surface area contributed by atoms with E-state index in [0.717, 1.165) is 55.2 Å². The van der Waals surface area contributed by atoms with Crippen LogP contribution in [0.5, 0.6) is 0 Å². The lowest BCUT2D eigenvalue weighted by Gasteiger charge is -2.25. The van der Waals surface area contributed by atoms with Crippen LogP contribution in [0.15, 0.2) is 35.4 Å². The normalized spacial score (nSPS) is 17.1. The SMILES string of the molecule is CCCCCCCCCCCCC1=C2C(=O)N(Cc3ccccc3CC2CCCCCCCCCCC)C1=O. The van der Waals surface area contributed by atoms with Gasteiger partial charge in [0.1, 0.15) is 0 Å². The minimum absolute atomic E-state index is 0.000272. The van der Waals surface area contributed by atoms with Gasteiger partial charge in [-0.15, -0.1) is 0 Å². The molecule has 2 aliphatic rings. The van der Waals surface area contributed by atoms with E-state index in [0.29, 0.717) is 6.54 Å². The van der Waals surface area contributed by atoms with Gasteiger partial charge < -0.3 is 0 Å². The van der Waals surface area contributed by atoms with E-state index in [4.69, 9.17) is 0 Å². The van der Waals surface area contributed by atoms with Gasteiger partial charge in [0, 0.05) is 11.1 Å². The summed E-state index contributed by atoms with van der Waals surface area (Å²) in [5, 5.41) is 0. The Morgan fingerprint density at radius 1 is 0.615 bits per heavy atom. The zero-order valence-corrected chi connectivity index (χ0v) is 25.4. The minimum Gasteiger partial charge on any atom is -0.270 e. The van der Waals surface area contributed by atoms with Crippen molar-refractivity contribution in [1.29, 1.82) is 0 Å². The average molecular weight is 536 g/mol. The van der Waals surface area contributed by atoms with Gasteiger partial charge >= 0.3 is 0 Å². The van der Waals surface area contributed by atoms with Crippen LogP contribution in [0, 0.1) is 5.92 Å². The fraction of sp³-hybridized carbons (Fsp3) is 0.722. The van der Waals surface area contributed by atoms with Crippen molar-refractivity contribution in [2.45, 2.75) is 162 Å². The second-order valence-corrected chi connectivity index (χ2v) is 12.3. The summed E-state index contributed by atoms with van der Waals surface area (Å²) >= 11 is 0. The molecule has 1 atom stereocenters. The lowest BCUT2D eigenvalue weighted by molar-refractivity contribution is -0.138. The smallest absolute Gasteiger partial charge is 0.257 e. The largest absolute Gasteiger partial charge is 0.270 e. The van der Waals surface area contributed by atoms with E-state index >= 15 is 0 Å². The molecule has 3 rings (SSSR count). The Kier molecular flexibility index (Phi) is 15.0. The van der Waals surface area contributed by atoms with Crippen molar-refractivity contribution in [2.24, 2.45) is 5.92 Å². The molecule has 2 heterocycles. The first-order valence-corrected chi connectivity index (χ1v) is 16.8. The van der Waals surface area contributed by atoms with Gasteiger partial charge in [0.2, 0.25) is 0 Å². The number of fused-ring (bicyclic) bond motifs is 3. The Hall–Kier alpha value is -1.90. The molecule has 0 saturated heterocycles. The summed E-state index contributed by atoms with van der Waals surface area (Å²) in [5.41, 5.74) is 4.20. The number of hydrogen-bond acceptors (Lipinski definition) is 2. The van der Waals surface area contributed by atoms with Crippen molar-refractivity contribution in [2.75, 3.05) is 0 Å². The lowest BCUT2D eigenvalue weighted by Crippen LogP contribution is -2.34. The summed E-state index contributed by atoms with van der Waals surface area (Å²) in [7, 11) is 0. The fourth-order valence-electron chi connectivity index (χ4n) is 6.64. The Balaban J connectivity index is 1.54. The molecule has 0 aliphatic carbocycles. The van der Waals surface area contributed by atoms with Gasteiger partial charge in [-0.05, 0) is 42.7 Å². The number of amides is 2. The third-order valence-corrected chi connectivity index (χ3v) is 9.06. The summed E-state index contributed by atoms with van der Waals surface area (Å²) in [6.45, 7) is 4.98. The molecule has 3 heteroatoms. The van der Waals surface area contributed by atoms with Gasteiger partial charge in [0.05, 0.1) is 6.54 Å². The van der Waals surface area contributed by atoms with Gasteiger partial charge in [0.25, 0.3) is 11.8 Å². The average Bonchev–Trinajstić information content (AvgIpc) is 3.19. The highest BCUT2D eigenvalue weighted by atomic mass is 16.2. The molecule has 0 fully saturated rings. The standard InChI is InChI=1S/C36H57NO2/c1-3-5-7-9-11-13-15-17-19-21-27-33-34-31(25-20-18-16-14-12-10-8-6-4-2)28-30-24-22-23-26-32(30)29-37(35(33)38)36(34)39/h22-24,26,31H,3-21,25,27-29H2,1-2H3. The molecule has 218 valence electrons. The molecular weight excluding hydrogens is 478 g/mol. The molecule has 0 radical (unpaired) electrons. The van der Waals surface area contributed by atoms with Gasteiger partial charge in [-0.1, -0.05) is 154 Å². The number of imide groups is 1.